The van der Waals surface area contributed by atoms with E-state index in [-0.39, 0.29) is 28.2 Å². The van der Waals surface area contributed by atoms with Gasteiger partial charge in [-0.2, -0.15) is 0 Å². The normalized spacial score (nSPS) is 15.6. The molecule has 28 heavy (non-hydrogen) atoms. The number of halogens is 3. The number of thioether (sulfide) groups is 1. The minimum atomic E-state index is -0.401. The van der Waals surface area contributed by atoms with Gasteiger partial charge in [-0.15, -0.1) is 0 Å². The smallest absolute Gasteiger partial charge is 0.293 e. The third kappa shape index (κ3) is 4.48. The topological polar surface area (TPSA) is 66.8 Å². The Kier molecular flexibility index (Phi) is 6.90. The van der Waals surface area contributed by atoms with E-state index in [0.717, 1.165) is 21.8 Å². The molecule has 1 fully saturated rings. The average Bonchev–Trinajstić information content (AvgIpc) is 2.92. The summed E-state index contributed by atoms with van der Waals surface area (Å²) in [6, 6.07) is 9.05. The second kappa shape index (κ2) is 9.02. The summed E-state index contributed by atoms with van der Waals surface area (Å²) in [5.74, 6) is -0.211. The van der Waals surface area contributed by atoms with Crippen LogP contribution in [0.2, 0.25) is 0 Å². The molecule has 0 aromatic heterocycles. The van der Waals surface area contributed by atoms with Crippen LogP contribution in [0.25, 0.3) is 6.08 Å². The van der Waals surface area contributed by atoms with E-state index in [1.165, 1.54) is 11.0 Å². The molecule has 0 radical (unpaired) electrons. The lowest BCUT2D eigenvalue weighted by atomic mass is 10.1. The monoisotopic (exact) mass is 589 g/mol. The van der Waals surface area contributed by atoms with E-state index in [0.29, 0.717) is 21.1 Å². The third-order valence-electron chi connectivity index (χ3n) is 3.90. The maximum absolute atomic E-state index is 12.8. The van der Waals surface area contributed by atoms with Crippen LogP contribution in [-0.2, 0) is 11.3 Å². The third-order valence-corrected chi connectivity index (χ3v) is 7.34. The van der Waals surface area contributed by atoms with Gasteiger partial charge in [0.15, 0.2) is 11.5 Å². The van der Waals surface area contributed by atoms with Gasteiger partial charge < -0.3 is 9.84 Å². The second-order valence-corrected chi connectivity index (χ2v) is 9.32. The number of benzene rings is 2. The molecular weight excluding hydrogens is 578 g/mol. The lowest BCUT2D eigenvalue weighted by molar-refractivity contribution is -0.123. The zero-order valence-corrected chi connectivity index (χ0v) is 20.1. The van der Waals surface area contributed by atoms with Gasteiger partial charge in [-0.1, -0.05) is 28.1 Å². The minimum absolute atomic E-state index is 0.100. The molecule has 0 saturated carbocycles. The molecule has 0 aliphatic carbocycles. The van der Waals surface area contributed by atoms with E-state index in [1.54, 1.807) is 6.07 Å². The molecule has 0 spiro atoms. The average molecular weight is 592 g/mol. The predicted octanol–water partition coefficient (Wildman–Crippen LogP) is 6.31. The number of carbonyl (C=O) groups excluding carboxylic acids is 2. The Morgan fingerprint density at radius 2 is 1.86 bits per heavy atom. The van der Waals surface area contributed by atoms with E-state index in [4.69, 9.17) is 4.74 Å². The summed E-state index contributed by atoms with van der Waals surface area (Å²) in [4.78, 5) is 26.6. The summed E-state index contributed by atoms with van der Waals surface area (Å²) in [6.45, 7) is 2.37. The van der Waals surface area contributed by atoms with Crippen LogP contribution in [0.15, 0.2) is 48.7 Å². The Morgan fingerprint density at radius 3 is 2.50 bits per heavy atom. The van der Waals surface area contributed by atoms with E-state index >= 15 is 0 Å². The van der Waals surface area contributed by atoms with Crippen LogP contribution in [-0.4, -0.2) is 27.8 Å². The minimum Gasteiger partial charge on any atom is -0.504 e. The van der Waals surface area contributed by atoms with Gasteiger partial charge in [-0.3, -0.25) is 14.5 Å². The first-order valence-electron chi connectivity index (χ1n) is 8.15. The van der Waals surface area contributed by atoms with Gasteiger partial charge in [0.1, 0.15) is 0 Å². The highest BCUT2D eigenvalue weighted by molar-refractivity contribution is 9.13. The number of aromatic hydroxyl groups is 1. The zero-order chi connectivity index (χ0) is 20.4. The molecule has 1 N–H and O–H groups in total. The highest BCUT2D eigenvalue weighted by Crippen LogP contribution is 2.43. The molecule has 0 bridgehead atoms. The number of phenolic OH excluding ortho intramolecular Hbond substituents is 1. The number of ether oxygens (including phenoxy) is 1. The lowest BCUT2D eigenvalue weighted by Crippen LogP contribution is -2.27. The molecule has 1 saturated heterocycles. The van der Waals surface area contributed by atoms with Crippen molar-refractivity contribution in [2.45, 2.75) is 13.5 Å². The summed E-state index contributed by atoms with van der Waals surface area (Å²) < 4.78 is 7.58. The first kappa shape index (κ1) is 21.4. The van der Waals surface area contributed by atoms with Crippen molar-refractivity contribution < 1.29 is 19.4 Å². The summed E-state index contributed by atoms with van der Waals surface area (Å²) in [5.41, 5.74) is 1.21. The molecule has 1 heterocycles. The Labute approximate surface area is 191 Å². The Morgan fingerprint density at radius 1 is 1.18 bits per heavy atom. The van der Waals surface area contributed by atoms with Crippen molar-refractivity contribution in [3.63, 3.8) is 0 Å². The highest BCUT2D eigenvalue weighted by Gasteiger charge is 2.35. The summed E-state index contributed by atoms with van der Waals surface area (Å²) >= 11 is 11.0. The van der Waals surface area contributed by atoms with Gasteiger partial charge in [-0.05, 0) is 80.4 Å². The molecule has 0 atom stereocenters. The van der Waals surface area contributed by atoms with Crippen molar-refractivity contribution in [3.05, 3.63) is 59.8 Å². The summed E-state index contributed by atoms with van der Waals surface area (Å²) in [6.07, 6.45) is 1.50. The van der Waals surface area contributed by atoms with Crippen molar-refractivity contribution >= 4 is 76.8 Å². The van der Waals surface area contributed by atoms with Crippen molar-refractivity contribution in [3.8, 4) is 11.5 Å². The van der Waals surface area contributed by atoms with Crippen molar-refractivity contribution in [1.82, 2.24) is 4.90 Å². The predicted molar refractivity (Wildman–Crippen MR) is 120 cm³/mol. The summed E-state index contributed by atoms with van der Waals surface area (Å²) in [7, 11) is 0. The molecular formula is C19H14Br3NO4S. The van der Waals surface area contributed by atoms with Crippen LogP contribution in [0.1, 0.15) is 18.1 Å². The standard InChI is InChI=1S/C19H14Br3NO4S/c1-2-27-14-8-13(21)16(22)12(17(14)24)7-15-18(25)23(19(26)28-15)9-10-3-5-11(20)6-4-10/h3-8,24H,2,9H2,1H3/b15-7-. The van der Waals surface area contributed by atoms with Gasteiger partial charge in [0, 0.05) is 19.0 Å². The number of imide groups is 1. The summed E-state index contributed by atoms with van der Waals surface area (Å²) in [5, 5.41) is 10.2. The fraction of sp³-hybridized carbons (Fsp3) is 0.158. The SMILES string of the molecule is CCOc1cc(Br)c(Br)c(/C=C2\SC(=O)N(Cc3ccc(Br)cc3)C2=O)c1O. The van der Waals surface area contributed by atoms with E-state index in [1.807, 2.05) is 31.2 Å². The highest BCUT2D eigenvalue weighted by atomic mass is 79.9. The molecule has 2 aromatic carbocycles. The Balaban J connectivity index is 1.92. The zero-order valence-electron chi connectivity index (χ0n) is 14.5. The van der Waals surface area contributed by atoms with Crippen molar-refractivity contribution in [1.29, 1.82) is 0 Å². The van der Waals surface area contributed by atoms with E-state index in [2.05, 4.69) is 47.8 Å². The molecule has 0 unspecified atom stereocenters. The van der Waals surface area contributed by atoms with Gasteiger partial charge in [0.25, 0.3) is 11.1 Å². The molecule has 2 aromatic rings. The number of carbonyl (C=O) groups is 2. The van der Waals surface area contributed by atoms with Crippen LogP contribution < -0.4 is 4.74 Å². The van der Waals surface area contributed by atoms with Crippen LogP contribution in [0.5, 0.6) is 11.5 Å². The second-order valence-electron chi connectivity index (χ2n) is 5.76. The van der Waals surface area contributed by atoms with Crippen LogP contribution in [0.4, 0.5) is 4.79 Å². The quantitative estimate of drug-likeness (QED) is 0.413. The van der Waals surface area contributed by atoms with E-state index in [9.17, 15) is 14.7 Å². The van der Waals surface area contributed by atoms with Crippen molar-refractivity contribution in [2.24, 2.45) is 0 Å². The number of rotatable bonds is 5. The molecule has 5 nitrogen and oxygen atoms in total. The Hall–Kier alpha value is -1.29. The van der Waals surface area contributed by atoms with Gasteiger partial charge in [0.05, 0.1) is 18.1 Å². The van der Waals surface area contributed by atoms with Crippen molar-refractivity contribution in [2.75, 3.05) is 6.61 Å². The molecule has 3 rings (SSSR count). The fourth-order valence-electron chi connectivity index (χ4n) is 2.55. The molecule has 146 valence electrons. The molecule has 2 amide bonds. The van der Waals surface area contributed by atoms with Gasteiger partial charge in [0.2, 0.25) is 0 Å². The van der Waals surface area contributed by atoms with Gasteiger partial charge in [-0.25, -0.2) is 0 Å². The number of hydrogen-bond donors (Lipinski definition) is 1. The molecule has 1 aliphatic heterocycles. The maximum atomic E-state index is 12.8. The fourth-order valence-corrected chi connectivity index (χ4v) is 4.47. The molecule has 1 aliphatic rings. The van der Waals surface area contributed by atoms with Crippen LogP contribution in [0, 0.1) is 0 Å². The maximum Gasteiger partial charge on any atom is 0.293 e. The largest absolute Gasteiger partial charge is 0.504 e. The molecule has 9 heteroatoms. The number of nitrogens with zero attached hydrogens (tertiary/aromatic N) is 1. The first-order chi connectivity index (χ1) is 13.3. The number of amides is 2. The lowest BCUT2D eigenvalue weighted by Gasteiger charge is -2.13. The number of phenols is 1. The number of hydrogen-bond acceptors (Lipinski definition) is 5. The van der Waals surface area contributed by atoms with Crippen LogP contribution >= 0.6 is 59.6 Å². The van der Waals surface area contributed by atoms with Crippen LogP contribution in [0.3, 0.4) is 0 Å². The van der Waals surface area contributed by atoms with Gasteiger partial charge >= 0.3 is 0 Å². The first-order valence-corrected chi connectivity index (χ1v) is 11.3. The van der Waals surface area contributed by atoms with E-state index < -0.39 is 5.91 Å². The Bertz CT molecular complexity index is 976.